The Kier molecular flexibility index (Phi) is 4.85. The van der Waals surface area contributed by atoms with Gasteiger partial charge in [0.1, 0.15) is 11.4 Å². The van der Waals surface area contributed by atoms with Crippen LogP contribution >= 0.6 is 0 Å². The van der Waals surface area contributed by atoms with E-state index in [2.05, 4.69) is 9.97 Å². The van der Waals surface area contributed by atoms with Gasteiger partial charge in [0.2, 0.25) is 5.91 Å². The lowest BCUT2D eigenvalue weighted by Crippen LogP contribution is -2.66. The highest BCUT2D eigenvalue weighted by Crippen LogP contribution is 2.36. The first kappa shape index (κ1) is 16.5. The standard InChI is InChI=1S/C18H21FN4O/c19-16-6-2-1-4-14(16)13-23-11-8-18(23,17(20)24)7-3-5-15-12-21-9-10-22-15/h1-2,4,6,9-10,12H,3,5,7-8,11,13H2,(H2,20,24). The summed E-state index contributed by atoms with van der Waals surface area (Å²) in [5, 5.41) is 0. The summed E-state index contributed by atoms with van der Waals surface area (Å²) >= 11 is 0. The van der Waals surface area contributed by atoms with Gasteiger partial charge in [0.25, 0.3) is 0 Å². The molecule has 6 heteroatoms. The van der Waals surface area contributed by atoms with Crippen molar-refractivity contribution < 1.29 is 9.18 Å². The molecule has 2 N–H and O–H groups in total. The maximum atomic E-state index is 13.9. The number of amides is 1. The van der Waals surface area contributed by atoms with Gasteiger partial charge in [0.05, 0.1) is 5.69 Å². The highest BCUT2D eigenvalue weighted by atomic mass is 19.1. The van der Waals surface area contributed by atoms with Crippen molar-refractivity contribution in [3.05, 3.63) is 59.9 Å². The molecule has 0 radical (unpaired) electrons. The first-order chi connectivity index (χ1) is 11.6. The lowest BCUT2D eigenvalue weighted by molar-refractivity contribution is -0.141. The fraction of sp³-hybridized carbons (Fsp3) is 0.389. The van der Waals surface area contributed by atoms with Crippen molar-refractivity contribution >= 4 is 5.91 Å². The Labute approximate surface area is 140 Å². The molecule has 1 atom stereocenters. The normalized spacial score (nSPS) is 20.5. The van der Waals surface area contributed by atoms with E-state index >= 15 is 0 Å². The number of carbonyl (C=O) groups excluding carboxylic acids is 1. The molecule has 0 spiro atoms. The van der Waals surface area contributed by atoms with Crippen molar-refractivity contribution in [3.8, 4) is 0 Å². The Morgan fingerprint density at radius 2 is 2.17 bits per heavy atom. The van der Waals surface area contributed by atoms with E-state index in [0.717, 1.165) is 31.5 Å². The first-order valence-electron chi connectivity index (χ1n) is 8.15. The number of hydrogen-bond acceptors (Lipinski definition) is 4. The first-order valence-corrected chi connectivity index (χ1v) is 8.15. The molecule has 2 heterocycles. The van der Waals surface area contributed by atoms with E-state index in [4.69, 9.17) is 5.73 Å². The smallest absolute Gasteiger partial charge is 0.238 e. The highest BCUT2D eigenvalue weighted by molar-refractivity contribution is 5.85. The fourth-order valence-electron chi connectivity index (χ4n) is 3.31. The summed E-state index contributed by atoms with van der Waals surface area (Å²) in [4.78, 5) is 22.4. The summed E-state index contributed by atoms with van der Waals surface area (Å²) in [6.45, 7) is 1.16. The molecule has 5 nitrogen and oxygen atoms in total. The number of carbonyl (C=O) groups is 1. The lowest BCUT2D eigenvalue weighted by atomic mass is 9.79. The minimum atomic E-state index is -0.676. The van der Waals surface area contributed by atoms with Gasteiger partial charge in [-0.25, -0.2) is 4.39 Å². The van der Waals surface area contributed by atoms with Crippen LogP contribution in [0, 0.1) is 5.82 Å². The molecule has 1 aromatic carbocycles. The molecule has 2 aromatic rings. The van der Waals surface area contributed by atoms with Crippen LogP contribution in [0.4, 0.5) is 4.39 Å². The summed E-state index contributed by atoms with van der Waals surface area (Å²) in [5.41, 5.74) is 6.51. The number of rotatable bonds is 7. The summed E-state index contributed by atoms with van der Waals surface area (Å²) in [6.07, 6.45) is 7.93. The van der Waals surface area contributed by atoms with Gasteiger partial charge in [0.15, 0.2) is 0 Å². The SMILES string of the molecule is NC(=O)C1(CCCc2cnccn2)CCN1Cc1ccccc1F. The molecule has 1 aromatic heterocycles. The van der Waals surface area contributed by atoms with Crippen LogP contribution < -0.4 is 5.73 Å². The average Bonchev–Trinajstić information content (AvgIpc) is 2.57. The summed E-state index contributed by atoms with van der Waals surface area (Å²) in [5.74, 6) is -0.577. The number of nitrogens with zero attached hydrogens (tertiary/aromatic N) is 3. The molecular formula is C18H21FN4O. The molecule has 1 fully saturated rings. The third-order valence-corrected chi connectivity index (χ3v) is 4.82. The maximum absolute atomic E-state index is 13.9. The minimum Gasteiger partial charge on any atom is -0.368 e. The van der Waals surface area contributed by atoms with E-state index in [1.165, 1.54) is 6.07 Å². The van der Waals surface area contributed by atoms with Gasteiger partial charge in [0, 0.05) is 37.2 Å². The van der Waals surface area contributed by atoms with Crippen molar-refractivity contribution in [1.29, 1.82) is 0 Å². The largest absolute Gasteiger partial charge is 0.368 e. The molecule has 0 bridgehead atoms. The Hall–Kier alpha value is -2.34. The van der Waals surface area contributed by atoms with Gasteiger partial charge >= 0.3 is 0 Å². The Morgan fingerprint density at radius 3 is 2.79 bits per heavy atom. The highest BCUT2D eigenvalue weighted by Gasteiger charge is 2.49. The zero-order chi connectivity index (χ0) is 17.0. The number of benzene rings is 1. The Morgan fingerprint density at radius 1 is 1.33 bits per heavy atom. The van der Waals surface area contributed by atoms with Crippen LogP contribution in [0.15, 0.2) is 42.9 Å². The molecule has 0 aliphatic carbocycles. The number of hydrogen-bond donors (Lipinski definition) is 1. The lowest BCUT2D eigenvalue weighted by Gasteiger charge is -2.51. The molecule has 126 valence electrons. The van der Waals surface area contributed by atoms with E-state index < -0.39 is 5.54 Å². The molecule has 3 rings (SSSR count). The molecule has 1 saturated heterocycles. The van der Waals surface area contributed by atoms with Crippen LogP contribution in [0.3, 0.4) is 0 Å². The van der Waals surface area contributed by atoms with E-state index in [1.807, 2.05) is 4.90 Å². The third kappa shape index (κ3) is 3.28. The number of primary amides is 1. The molecule has 1 aliphatic heterocycles. The van der Waals surface area contributed by atoms with E-state index in [1.54, 1.807) is 36.8 Å². The Balaban J connectivity index is 1.65. The second-order valence-corrected chi connectivity index (χ2v) is 6.21. The van der Waals surface area contributed by atoms with Crippen molar-refractivity contribution in [2.75, 3.05) is 6.54 Å². The van der Waals surface area contributed by atoms with Gasteiger partial charge in [-0.3, -0.25) is 19.7 Å². The second kappa shape index (κ2) is 7.05. The number of nitrogens with two attached hydrogens (primary N) is 1. The van der Waals surface area contributed by atoms with Gasteiger partial charge in [-0.1, -0.05) is 18.2 Å². The fourth-order valence-corrected chi connectivity index (χ4v) is 3.31. The van der Waals surface area contributed by atoms with E-state index in [-0.39, 0.29) is 11.7 Å². The molecule has 24 heavy (non-hydrogen) atoms. The van der Waals surface area contributed by atoms with Gasteiger partial charge in [-0.15, -0.1) is 0 Å². The summed E-state index contributed by atoms with van der Waals surface area (Å²) in [7, 11) is 0. The average molecular weight is 328 g/mol. The monoisotopic (exact) mass is 328 g/mol. The number of aryl methyl sites for hydroxylation is 1. The predicted octanol–water partition coefficient (Wildman–Crippen LogP) is 2.07. The van der Waals surface area contributed by atoms with Crippen LogP contribution in [0.5, 0.6) is 0 Å². The predicted molar refractivity (Wildman–Crippen MR) is 88.3 cm³/mol. The third-order valence-electron chi connectivity index (χ3n) is 4.82. The van der Waals surface area contributed by atoms with Crippen LogP contribution in [0.2, 0.25) is 0 Å². The van der Waals surface area contributed by atoms with Crippen LogP contribution in [0.1, 0.15) is 30.5 Å². The quantitative estimate of drug-likeness (QED) is 0.844. The van der Waals surface area contributed by atoms with Gasteiger partial charge in [-0.05, 0) is 31.7 Å². The minimum absolute atomic E-state index is 0.248. The topological polar surface area (TPSA) is 72.1 Å². The second-order valence-electron chi connectivity index (χ2n) is 6.21. The summed E-state index contributed by atoms with van der Waals surface area (Å²) < 4.78 is 13.9. The van der Waals surface area contributed by atoms with Crippen molar-refractivity contribution in [3.63, 3.8) is 0 Å². The van der Waals surface area contributed by atoms with Gasteiger partial charge in [-0.2, -0.15) is 0 Å². The molecular weight excluding hydrogens is 307 g/mol. The van der Waals surface area contributed by atoms with Crippen LogP contribution in [-0.4, -0.2) is 32.9 Å². The van der Waals surface area contributed by atoms with E-state index in [0.29, 0.717) is 18.5 Å². The molecule has 1 aliphatic rings. The maximum Gasteiger partial charge on any atom is 0.238 e. The van der Waals surface area contributed by atoms with Crippen LogP contribution in [0.25, 0.3) is 0 Å². The van der Waals surface area contributed by atoms with Crippen molar-refractivity contribution in [2.45, 2.75) is 37.8 Å². The van der Waals surface area contributed by atoms with Crippen LogP contribution in [-0.2, 0) is 17.8 Å². The van der Waals surface area contributed by atoms with Crippen molar-refractivity contribution in [2.24, 2.45) is 5.73 Å². The molecule has 0 saturated carbocycles. The number of likely N-dealkylation sites (tertiary alicyclic amines) is 1. The molecule has 1 amide bonds. The van der Waals surface area contributed by atoms with E-state index in [9.17, 15) is 9.18 Å². The number of halogens is 1. The zero-order valence-electron chi connectivity index (χ0n) is 13.5. The molecule has 1 unspecified atom stereocenters. The number of aromatic nitrogens is 2. The van der Waals surface area contributed by atoms with Gasteiger partial charge < -0.3 is 5.73 Å². The summed E-state index contributed by atoms with van der Waals surface area (Å²) in [6, 6.07) is 6.66. The zero-order valence-corrected chi connectivity index (χ0v) is 13.5. The van der Waals surface area contributed by atoms with Crippen molar-refractivity contribution in [1.82, 2.24) is 14.9 Å². The Bertz CT molecular complexity index is 709.